The molecule has 7 heteroatoms. The first-order valence-electron chi connectivity index (χ1n) is 6.83. The zero-order valence-electron chi connectivity index (χ0n) is 12.2. The minimum Gasteiger partial charge on any atom is -0.455 e. The van der Waals surface area contributed by atoms with Gasteiger partial charge in [-0.25, -0.2) is 14.8 Å². The molecule has 0 bridgehead atoms. The Bertz CT molecular complexity index is 897. The number of hydrogen-bond acceptors (Lipinski definition) is 5. The van der Waals surface area contributed by atoms with Crippen LogP contribution in [-0.4, -0.2) is 16.2 Å². The molecule has 2 aromatic heterocycles. The maximum Gasteiger partial charge on any atom is 0.252 e. The highest BCUT2D eigenvalue weighted by molar-refractivity contribution is 5.77. The van der Waals surface area contributed by atoms with E-state index in [9.17, 15) is 9.18 Å². The highest BCUT2D eigenvalue weighted by Gasteiger charge is 2.03. The van der Waals surface area contributed by atoms with Gasteiger partial charge in [-0.2, -0.15) is 5.10 Å². The molecule has 0 aliphatic rings. The number of hydrogen-bond donors (Lipinski definition) is 2. The zero-order chi connectivity index (χ0) is 16.2. The molecule has 2 N–H and O–H groups in total. The summed E-state index contributed by atoms with van der Waals surface area (Å²) < 4.78 is 18.5. The fourth-order valence-electron chi connectivity index (χ4n) is 1.98. The lowest BCUT2D eigenvalue weighted by Gasteiger charge is -1.99. The van der Waals surface area contributed by atoms with Gasteiger partial charge in [-0.15, -0.1) is 0 Å². The summed E-state index contributed by atoms with van der Waals surface area (Å²) in [4.78, 5) is 17.9. The number of H-pyrrole nitrogens is 1. The van der Waals surface area contributed by atoms with Crippen LogP contribution in [-0.2, 0) is 0 Å². The molecule has 0 unspecified atom stereocenters. The Labute approximate surface area is 130 Å². The zero-order valence-corrected chi connectivity index (χ0v) is 12.2. The van der Waals surface area contributed by atoms with Crippen LogP contribution < -0.4 is 11.0 Å². The van der Waals surface area contributed by atoms with Crippen molar-refractivity contribution in [3.05, 3.63) is 70.1 Å². The van der Waals surface area contributed by atoms with Crippen molar-refractivity contribution < 1.29 is 8.81 Å². The molecule has 1 aromatic carbocycles. The number of anilines is 1. The molecule has 0 saturated heterocycles. The van der Waals surface area contributed by atoms with E-state index in [2.05, 4.69) is 20.5 Å². The number of furan rings is 1. The number of aryl methyl sites for hydroxylation is 1. The molecule has 0 fully saturated rings. The number of hydrazone groups is 1. The lowest BCUT2D eigenvalue weighted by atomic mass is 10.2. The first-order chi connectivity index (χ1) is 11.1. The van der Waals surface area contributed by atoms with Gasteiger partial charge in [-0.3, -0.25) is 9.78 Å². The van der Waals surface area contributed by atoms with Crippen LogP contribution >= 0.6 is 0 Å². The van der Waals surface area contributed by atoms with Crippen molar-refractivity contribution in [3.63, 3.8) is 0 Å². The van der Waals surface area contributed by atoms with Crippen molar-refractivity contribution in [1.29, 1.82) is 0 Å². The molecule has 0 aliphatic heterocycles. The van der Waals surface area contributed by atoms with Crippen molar-refractivity contribution >= 4 is 12.2 Å². The number of benzene rings is 1. The molecule has 0 radical (unpaired) electrons. The summed E-state index contributed by atoms with van der Waals surface area (Å²) in [6.07, 6.45) is 1.45. The molecule has 0 saturated carbocycles. The molecule has 3 rings (SSSR count). The Hall–Kier alpha value is -3.22. The lowest BCUT2D eigenvalue weighted by molar-refractivity contribution is 0.574. The third-order valence-electron chi connectivity index (χ3n) is 2.99. The SMILES string of the molecule is Cc1cc(=O)[nH]c(N/N=C/c2ccc(-c3ccc(F)cc3)o2)n1. The van der Waals surface area contributed by atoms with Gasteiger partial charge in [0.1, 0.15) is 17.3 Å². The second kappa shape index (κ2) is 6.27. The number of halogens is 1. The normalized spacial score (nSPS) is 11.0. The monoisotopic (exact) mass is 312 g/mol. The molecule has 116 valence electrons. The molecule has 23 heavy (non-hydrogen) atoms. The molecular formula is C16H13FN4O2. The van der Waals surface area contributed by atoms with Crippen molar-refractivity contribution in [1.82, 2.24) is 9.97 Å². The predicted molar refractivity (Wildman–Crippen MR) is 84.9 cm³/mol. The highest BCUT2D eigenvalue weighted by atomic mass is 19.1. The Morgan fingerprint density at radius 2 is 2.04 bits per heavy atom. The van der Waals surface area contributed by atoms with Gasteiger partial charge in [0, 0.05) is 17.3 Å². The lowest BCUT2D eigenvalue weighted by Crippen LogP contribution is -2.10. The summed E-state index contributed by atoms with van der Waals surface area (Å²) in [5.41, 5.74) is 3.72. The van der Waals surface area contributed by atoms with Crippen LogP contribution in [0, 0.1) is 12.7 Å². The van der Waals surface area contributed by atoms with Crippen LogP contribution in [0.15, 0.2) is 56.8 Å². The topological polar surface area (TPSA) is 83.3 Å². The van der Waals surface area contributed by atoms with Gasteiger partial charge in [0.2, 0.25) is 5.95 Å². The molecule has 3 aromatic rings. The summed E-state index contributed by atoms with van der Waals surface area (Å²) in [5.74, 6) is 1.06. The number of aromatic nitrogens is 2. The minimum absolute atomic E-state index is 0.247. The summed E-state index contributed by atoms with van der Waals surface area (Å²) in [6, 6.07) is 10.9. The van der Waals surface area contributed by atoms with Gasteiger partial charge < -0.3 is 4.42 Å². The van der Waals surface area contributed by atoms with Crippen LogP contribution in [0.2, 0.25) is 0 Å². The van der Waals surface area contributed by atoms with E-state index in [1.165, 1.54) is 24.4 Å². The number of aromatic amines is 1. The largest absolute Gasteiger partial charge is 0.455 e. The van der Waals surface area contributed by atoms with Gasteiger partial charge in [0.05, 0.1) is 6.21 Å². The van der Waals surface area contributed by atoms with Gasteiger partial charge in [-0.1, -0.05) is 0 Å². The van der Waals surface area contributed by atoms with Crippen LogP contribution in [0.5, 0.6) is 0 Å². The first kappa shape index (κ1) is 14.7. The van der Waals surface area contributed by atoms with Crippen LogP contribution in [0.1, 0.15) is 11.5 Å². The van der Waals surface area contributed by atoms with E-state index in [0.29, 0.717) is 17.2 Å². The van der Waals surface area contributed by atoms with E-state index < -0.39 is 0 Å². The molecule has 0 aliphatic carbocycles. The van der Waals surface area contributed by atoms with Crippen molar-refractivity contribution in [2.24, 2.45) is 5.10 Å². The molecule has 6 nitrogen and oxygen atoms in total. The highest BCUT2D eigenvalue weighted by Crippen LogP contribution is 2.21. The summed E-state index contributed by atoms with van der Waals surface area (Å²) >= 11 is 0. The minimum atomic E-state index is -0.300. The molecule has 2 heterocycles. The van der Waals surface area contributed by atoms with Gasteiger partial charge in [0.25, 0.3) is 5.56 Å². The number of nitrogens with one attached hydrogen (secondary N) is 2. The standard InChI is InChI=1S/C16H13FN4O2/c1-10-8-15(22)20-16(19-10)21-18-9-13-6-7-14(23-13)11-2-4-12(17)5-3-11/h2-9H,1H3,(H2,19,20,21,22)/b18-9+. The third-order valence-corrected chi connectivity index (χ3v) is 2.99. The molecule has 0 atom stereocenters. The smallest absolute Gasteiger partial charge is 0.252 e. The average Bonchev–Trinajstić information content (AvgIpc) is 2.96. The second-order valence-electron chi connectivity index (χ2n) is 4.81. The van der Waals surface area contributed by atoms with Crippen molar-refractivity contribution in [2.45, 2.75) is 6.92 Å². The Kier molecular flexibility index (Phi) is 4.01. The van der Waals surface area contributed by atoms with Crippen LogP contribution in [0.25, 0.3) is 11.3 Å². The fraction of sp³-hybridized carbons (Fsp3) is 0.0625. The predicted octanol–water partition coefficient (Wildman–Crippen LogP) is 2.92. The van der Waals surface area contributed by atoms with Crippen LogP contribution in [0.4, 0.5) is 10.3 Å². The van der Waals surface area contributed by atoms with E-state index >= 15 is 0 Å². The summed E-state index contributed by atoms with van der Waals surface area (Å²) in [5, 5.41) is 3.95. The molecular weight excluding hydrogens is 299 g/mol. The quantitative estimate of drug-likeness (QED) is 0.573. The van der Waals surface area contributed by atoms with E-state index in [1.54, 1.807) is 31.2 Å². The maximum absolute atomic E-state index is 12.9. The third kappa shape index (κ3) is 3.70. The van der Waals surface area contributed by atoms with E-state index in [4.69, 9.17) is 4.42 Å². The summed E-state index contributed by atoms with van der Waals surface area (Å²) in [6.45, 7) is 1.71. The van der Waals surface area contributed by atoms with Gasteiger partial charge in [0.15, 0.2) is 0 Å². The molecule has 0 spiro atoms. The van der Waals surface area contributed by atoms with E-state index in [-0.39, 0.29) is 17.3 Å². The van der Waals surface area contributed by atoms with Gasteiger partial charge >= 0.3 is 0 Å². The average molecular weight is 312 g/mol. The first-order valence-corrected chi connectivity index (χ1v) is 6.83. The van der Waals surface area contributed by atoms with E-state index in [0.717, 1.165) is 5.56 Å². The number of nitrogens with zero attached hydrogens (tertiary/aromatic N) is 2. The van der Waals surface area contributed by atoms with Crippen molar-refractivity contribution in [3.8, 4) is 11.3 Å². The number of rotatable bonds is 4. The Balaban J connectivity index is 1.71. The van der Waals surface area contributed by atoms with E-state index in [1.807, 2.05) is 0 Å². The molecule has 0 amide bonds. The van der Waals surface area contributed by atoms with Gasteiger partial charge in [-0.05, 0) is 43.3 Å². The Morgan fingerprint density at radius 1 is 1.26 bits per heavy atom. The van der Waals surface area contributed by atoms with Crippen LogP contribution in [0.3, 0.4) is 0 Å². The second-order valence-corrected chi connectivity index (χ2v) is 4.81. The Morgan fingerprint density at radius 3 is 2.78 bits per heavy atom. The summed E-state index contributed by atoms with van der Waals surface area (Å²) in [7, 11) is 0. The van der Waals surface area contributed by atoms with Crippen molar-refractivity contribution in [2.75, 3.05) is 5.43 Å². The maximum atomic E-state index is 12.9. The fourth-order valence-corrected chi connectivity index (χ4v) is 1.98.